The molecule has 1 heterocycles. The molecule has 0 amide bonds. The molecule has 0 saturated carbocycles. The highest BCUT2D eigenvalue weighted by Gasteiger charge is 2.10. The first kappa shape index (κ1) is 13.8. The van der Waals surface area contributed by atoms with Gasteiger partial charge in [-0.2, -0.15) is 5.10 Å². The Labute approximate surface area is 104 Å². The molecule has 0 aliphatic rings. The Morgan fingerprint density at radius 1 is 1.35 bits per heavy atom. The third kappa shape index (κ3) is 3.90. The van der Waals surface area contributed by atoms with Crippen molar-refractivity contribution in [2.24, 2.45) is 12.8 Å². The van der Waals surface area contributed by atoms with Crippen LogP contribution in [0.25, 0.3) is 0 Å². The first-order valence-electron chi connectivity index (χ1n) is 6.20. The van der Waals surface area contributed by atoms with Crippen molar-refractivity contribution in [3.63, 3.8) is 0 Å². The van der Waals surface area contributed by atoms with Crippen LogP contribution in [0.15, 0.2) is 0 Å². The summed E-state index contributed by atoms with van der Waals surface area (Å²) in [4.78, 5) is 0. The largest absolute Gasteiger partial charge is 0.328 e. The van der Waals surface area contributed by atoms with Crippen molar-refractivity contribution in [1.82, 2.24) is 9.78 Å². The molecular formula is C14H23N3. The molecule has 0 aliphatic heterocycles. The Kier molecular flexibility index (Phi) is 5.24. The lowest BCUT2D eigenvalue weighted by Crippen LogP contribution is -2.20. The van der Waals surface area contributed by atoms with Gasteiger partial charge in [0.2, 0.25) is 0 Å². The highest BCUT2D eigenvalue weighted by Crippen LogP contribution is 2.15. The highest BCUT2D eigenvalue weighted by molar-refractivity contribution is 5.24. The van der Waals surface area contributed by atoms with E-state index in [0.29, 0.717) is 0 Å². The predicted octanol–water partition coefficient (Wildman–Crippen LogP) is 2.10. The van der Waals surface area contributed by atoms with Crippen LogP contribution in [0.5, 0.6) is 0 Å². The summed E-state index contributed by atoms with van der Waals surface area (Å²) in [5, 5.41) is 4.42. The molecule has 0 aromatic carbocycles. The molecular weight excluding hydrogens is 210 g/mol. The van der Waals surface area contributed by atoms with Crippen LogP contribution in [-0.2, 0) is 13.5 Å². The first-order valence-corrected chi connectivity index (χ1v) is 6.20. The molecule has 0 fully saturated rings. The van der Waals surface area contributed by atoms with Gasteiger partial charge in [-0.25, -0.2) is 0 Å². The minimum atomic E-state index is 0.245. The van der Waals surface area contributed by atoms with E-state index in [-0.39, 0.29) is 6.04 Å². The summed E-state index contributed by atoms with van der Waals surface area (Å²) in [6.07, 6.45) is 3.92. The maximum atomic E-state index is 6.07. The normalized spacial score (nSPS) is 12.1. The summed E-state index contributed by atoms with van der Waals surface area (Å²) < 4.78 is 1.94. The third-order valence-electron chi connectivity index (χ3n) is 3.24. The lowest BCUT2D eigenvalue weighted by molar-refractivity contribution is 0.576. The zero-order chi connectivity index (χ0) is 12.8. The van der Waals surface area contributed by atoms with Gasteiger partial charge in [-0.1, -0.05) is 0 Å². The van der Waals surface area contributed by atoms with Gasteiger partial charge in [0.25, 0.3) is 0 Å². The van der Waals surface area contributed by atoms with E-state index in [1.807, 2.05) is 18.7 Å². The molecule has 1 rings (SSSR count). The summed E-state index contributed by atoms with van der Waals surface area (Å²) in [6.45, 7) is 6.05. The van der Waals surface area contributed by atoms with E-state index in [4.69, 9.17) is 5.73 Å². The molecule has 1 atom stereocenters. The van der Waals surface area contributed by atoms with E-state index >= 15 is 0 Å². The molecule has 1 unspecified atom stereocenters. The molecule has 3 nitrogen and oxygen atoms in total. The highest BCUT2D eigenvalue weighted by atomic mass is 15.3. The standard InChI is InChI=1S/C14H23N3/c1-5-6-7-8-13(15)9-10-14-11(2)16-17(4)12(14)3/h13H,7-10,15H2,1-4H3. The summed E-state index contributed by atoms with van der Waals surface area (Å²) in [7, 11) is 1.99. The van der Waals surface area contributed by atoms with Crippen molar-refractivity contribution in [2.75, 3.05) is 0 Å². The summed E-state index contributed by atoms with van der Waals surface area (Å²) in [6, 6.07) is 0.245. The fourth-order valence-corrected chi connectivity index (χ4v) is 2.04. The number of aromatic nitrogens is 2. The van der Waals surface area contributed by atoms with Crippen molar-refractivity contribution in [3.05, 3.63) is 17.0 Å². The molecule has 0 bridgehead atoms. The molecule has 94 valence electrons. The lowest BCUT2D eigenvalue weighted by atomic mass is 10.0. The molecule has 0 aliphatic carbocycles. The van der Waals surface area contributed by atoms with Crippen LogP contribution in [0.2, 0.25) is 0 Å². The maximum absolute atomic E-state index is 6.07. The Hall–Kier alpha value is -1.27. The van der Waals surface area contributed by atoms with E-state index < -0.39 is 0 Å². The van der Waals surface area contributed by atoms with E-state index in [1.165, 1.54) is 11.3 Å². The molecule has 0 spiro atoms. The van der Waals surface area contributed by atoms with Crippen molar-refractivity contribution < 1.29 is 0 Å². The number of hydrogen-bond acceptors (Lipinski definition) is 2. The van der Waals surface area contributed by atoms with E-state index in [9.17, 15) is 0 Å². The minimum Gasteiger partial charge on any atom is -0.328 e. The molecule has 1 aromatic heterocycles. The van der Waals surface area contributed by atoms with Gasteiger partial charge < -0.3 is 5.73 Å². The quantitative estimate of drug-likeness (QED) is 0.792. The Balaban J connectivity index is 2.46. The molecule has 0 radical (unpaired) electrons. The van der Waals surface area contributed by atoms with Crippen molar-refractivity contribution in [2.45, 2.75) is 52.5 Å². The van der Waals surface area contributed by atoms with Gasteiger partial charge in [-0.05, 0) is 45.6 Å². The van der Waals surface area contributed by atoms with Crippen LogP contribution in [-0.4, -0.2) is 15.8 Å². The van der Waals surface area contributed by atoms with Gasteiger partial charge in [-0.3, -0.25) is 4.68 Å². The van der Waals surface area contributed by atoms with Crippen LogP contribution < -0.4 is 5.73 Å². The number of rotatable bonds is 5. The van der Waals surface area contributed by atoms with Crippen molar-refractivity contribution in [3.8, 4) is 11.8 Å². The van der Waals surface area contributed by atoms with Crippen LogP contribution in [0.4, 0.5) is 0 Å². The number of nitrogens with two attached hydrogens (primary N) is 1. The van der Waals surface area contributed by atoms with Crippen LogP contribution in [0.1, 0.15) is 43.1 Å². The molecule has 1 aromatic rings. The first-order chi connectivity index (χ1) is 8.06. The van der Waals surface area contributed by atoms with E-state index in [0.717, 1.165) is 31.4 Å². The Bertz CT molecular complexity index is 421. The number of aryl methyl sites for hydroxylation is 2. The van der Waals surface area contributed by atoms with Crippen molar-refractivity contribution >= 4 is 0 Å². The van der Waals surface area contributed by atoms with Gasteiger partial charge in [0, 0.05) is 25.2 Å². The van der Waals surface area contributed by atoms with Crippen LogP contribution >= 0.6 is 0 Å². The minimum absolute atomic E-state index is 0.245. The Morgan fingerprint density at radius 2 is 2.06 bits per heavy atom. The zero-order valence-corrected chi connectivity index (χ0v) is 11.4. The summed E-state index contributed by atoms with van der Waals surface area (Å²) >= 11 is 0. The summed E-state index contributed by atoms with van der Waals surface area (Å²) in [5.74, 6) is 5.96. The zero-order valence-electron chi connectivity index (χ0n) is 11.4. The van der Waals surface area contributed by atoms with Gasteiger partial charge >= 0.3 is 0 Å². The third-order valence-corrected chi connectivity index (χ3v) is 3.24. The van der Waals surface area contributed by atoms with E-state index in [1.54, 1.807) is 0 Å². The number of nitrogens with zero attached hydrogens (tertiary/aromatic N) is 2. The molecule has 3 heteroatoms. The SMILES string of the molecule is CC#CCCC(N)CCc1c(C)nn(C)c1C. The summed E-state index contributed by atoms with van der Waals surface area (Å²) in [5.41, 5.74) is 9.81. The van der Waals surface area contributed by atoms with Crippen LogP contribution in [0, 0.1) is 25.7 Å². The Morgan fingerprint density at radius 3 is 2.59 bits per heavy atom. The molecule has 0 saturated heterocycles. The van der Waals surface area contributed by atoms with Gasteiger partial charge in [0.15, 0.2) is 0 Å². The monoisotopic (exact) mass is 233 g/mol. The fraction of sp³-hybridized carbons (Fsp3) is 0.643. The van der Waals surface area contributed by atoms with Gasteiger partial charge in [0.1, 0.15) is 0 Å². The molecule has 17 heavy (non-hydrogen) atoms. The predicted molar refractivity (Wildman–Crippen MR) is 71.7 cm³/mol. The fourth-order valence-electron chi connectivity index (χ4n) is 2.04. The topological polar surface area (TPSA) is 43.8 Å². The van der Waals surface area contributed by atoms with Gasteiger partial charge in [0.05, 0.1) is 5.69 Å². The lowest BCUT2D eigenvalue weighted by Gasteiger charge is -2.09. The smallest absolute Gasteiger partial charge is 0.0628 e. The van der Waals surface area contributed by atoms with E-state index in [2.05, 4.69) is 30.8 Å². The number of hydrogen-bond donors (Lipinski definition) is 1. The second-order valence-electron chi connectivity index (χ2n) is 4.54. The second-order valence-corrected chi connectivity index (χ2v) is 4.54. The van der Waals surface area contributed by atoms with Crippen LogP contribution in [0.3, 0.4) is 0 Å². The van der Waals surface area contributed by atoms with Gasteiger partial charge in [-0.15, -0.1) is 11.8 Å². The van der Waals surface area contributed by atoms with Crippen molar-refractivity contribution in [1.29, 1.82) is 0 Å². The molecule has 2 N–H and O–H groups in total. The maximum Gasteiger partial charge on any atom is 0.0628 e. The second kappa shape index (κ2) is 6.46. The average molecular weight is 233 g/mol. The average Bonchev–Trinajstić information content (AvgIpc) is 2.51.